The van der Waals surface area contributed by atoms with Gasteiger partial charge in [-0.05, 0) is 24.3 Å². The topological polar surface area (TPSA) is 42.2 Å². The van der Waals surface area contributed by atoms with Gasteiger partial charge in [-0.2, -0.15) is 0 Å². The van der Waals surface area contributed by atoms with Crippen molar-refractivity contribution >= 4 is 5.97 Å². The van der Waals surface area contributed by atoms with Gasteiger partial charge in [-0.25, -0.2) is 4.39 Å². The number of hydrogen-bond acceptors (Lipinski definition) is 1. The molecule has 0 amide bonds. The Morgan fingerprint density at radius 2 is 2.00 bits per heavy atom. The summed E-state index contributed by atoms with van der Waals surface area (Å²) in [6.07, 6.45) is 1.53. The molecule has 1 aromatic heterocycles. The van der Waals surface area contributed by atoms with Crippen molar-refractivity contribution in [2.45, 2.75) is 6.42 Å². The fraction of sp³-hybridized carbons (Fsp3) is 0.0833. The summed E-state index contributed by atoms with van der Waals surface area (Å²) in [4.78, 5) is 10.6. The SMILES string of the molecule is O=C(O)Cc1cccn1-c1ccccc1F. The lowest BCUT2D eigenvalue weighted by atomic mass is 10.2. The molecule has 1 N–H and O–H groups in total. The molecule has 4 heteroatoms. The zero-order valence-electron chi connectivity index (χ0n) is 8.43. The van der Waals surface area contributed by atoms with Crippen LogP contribution in [0.3, 0.4) is 0 Å². The quantitative estimate of drug-likeness (QED) is 0.860. The van der Waals surface area contributed by atoms with Gasteiger partial charge in [0, 0.05) is 11.9 Å². The minimum Gasteiger partial charge on any atom is -0.481 e. The molecule has 0 aliphatic heterocycles. The molecule has 2 rings (SSSR count). The van der Waals surface area contributed by atoms with Gasteiger partial charge in [-0.3, -0.25) is 4.79 Å². The summed E-state index contributed by atoms with van der Waals surface area (Å²) in [5, 5.41) is 8.72. The predicted octanol–water partition coefficient (Wildman–Crippen LogP) is 2.24. The number of carbonyl (C=O) groups is 1. The van der Waals surface area contributed by atoms with Crippen molar-refractivity contribution in [3.05, 3.63) is 54.1 Å². The number of rotatable bonds is 3. The van der Waals surface area contributed by atoms with Crippen molar-refractivity contribution in [2.75, 3.05) is 0 Å². The van der Waals surface area contributed by atoms with Gasteiger partial charge >= 0.3 is 5.97 Å². The van der Waals surface area contributed by atoms with E-state index in [0.717, 1.165) is 0 Å². The van der Waals surface area contributed by atoms with Crippen molar-refractivity contribution in [3.8, 4) is 5.69 Å². The first-order chi connectivity index (χ1) is 7.68. The minimum atomic E-state index is -0.934. The molecule has 0 atom stereocenters. The Hall–Kier alpha value is -2.10. The number of aromatic nitrogens is 1. The standard InChI is InChI=1S/C12H10FNO2/c13-10-5-1-2-6-11(10)14-7-3-4-9(14)8-12(15)16/h1-7H,8H2,(H,15,16). The second kappa shape index (κ2) is 4.18. The van der Waals surface area contributed by atoms with E-state index in [1.54, 1.807) is 41.1 Å². The third-order valence-electron chi connectivity index (χ3n) is 2.28. The molecular formula is C12H10FNO2. The van der Waals surface area contributed by atoms with Crippen LogP contribution in [0, 0.1) is 5.82 Å². The lowest BCUT2D eigenvalue weighted by Gasteiger charge is -2.08. The molecule has 0 saturated heterocycles. The van der Waals surface area contributed by atoms with Crippen LogP contribution >= 0.6 is 0 Å². The number of carboxylic acids is 1. The maximum absolute atomic E-state index is 13.5. The molecule has 2 aromatic rings. The van der Waals surface area contributed by atoms with Gasteiger partial charge in [0.15, 0.2) is 0 Å². The van der Waals surface area contributed by atoms with Crippen LogP contribution in [0.1, 0.15) is 5.69 Å². The highest BCUT2D eigenvalue weighted by atomic mass is 19.1. The summed E-state index contributed by atoms with van der Waals surface area (Å²) >= 11 is 0. The molecule has 0 unspecified atom stereocenters. The predicted molar refractivity (Wildman–Crippen MR) is 57.1 cm³/mol. The minimum absolute atomic E-state index is 0.124. The van der Waals surface area contributed by atoms with Crippen molar-refractivity contribution in [1.29, 1.82) is 0 Å². The average Bonchev–Trinajstić information content (AvgIpc) is 2.66. The fourth-order valence-electron chi connectivity index (χ4n) is 1.60. The van der Waals surface area contributed by atoms with Crippen LogP contribution in [0.5, 0.6) is 0 Å². The molecule has 0 fully saturated rings. The third kappa shape index (κ3) is 1.95. The van der Waals surface area contributed by atoms with Crippen LogP contribution in [-0.2, 0) is 11.2 Å². The summed E-state index contributed by atoms with van der Waals surface area (Å²) in [6.45, 7) is 0. The first-order valence-electron chi connectivity index (χ1n) is 4.81. The first kappa shape index (κ1) is 10.4. The Balaban J connectivity index is 2.45. The normalized spacial score (nSPS) is 10.3. The molecule has 1 aromatic carbocycles. The molecule has 16 heavy (non-hydrogen) atoms. The van der Waals surface area contributed by atoms with Crippen molar-refractivity contribution in [2.24, 2.45) is 0 Å². The Kier molecular flexibility index (Phi) is 2.72. The highest BCUT2D eigenvalue weighted by Crippen LogP contribution is 2.16. The lowest BCUT2D eigenvalue weighted by Crippen LogP contribution is -2.07. The number of hydrogen-bond donors (Lipinski definition) is 1. The number of benzene rings is 1. The van der Waals surface area contributed by atoms with E-state index < -0.39 is 5.97 Å². The number of halogens is 1. The Morgan fingerprint density at radius 3 is 2.69 bits per heavy atom. The highest BCUT2D eigenvalue weighted by molar-refractivity contribution is 5.70. The Bertz CT molecular complexity index is 519. The molecule has 0 aliphatic rings. The number of aliphatic carboxylic acids is 1. The zero-order valence-corrected chi connectivity index (χ0v) is 8.43. The first-order valence-corrected chi connectivity index (χ1v) is 4.81. The molecule has 3 nitrogen and oxygen atoms in total. The van der Waals surface area contributed by atoms with E-state index in [0.29, 0.717) is 11.4 Å². The van der Waals surface area contributed by atoms with Crippen LogP contribution in [-0.4, -0.2) is 15.6 Å². The number of nitrogens with zero attached hydrogens (tertiary/aromatic N) is 1. The molecule has 1 heterocycles. The third-order valence-corrected chi connectivity index (χ3v) is 2.28. The van der Waals surface area contributed by atoms with E-state index in [1.807, 2.05) is 0 Å². The lowest BCUT2D eigenvalue weighted by molar-refractivity contribution is -0.136. The molecule has 0 bridgehead atoms. The molecular weight excluding hydrogens is 209 g/mol. The largest absolute Gasteiger partial charge is 0.481 e. The van der Waals surface area contributed by atoms with Crippen LogP contribution < -0.4 is 0 Å². The van der Waals surface area contributed by atoms with Crippen LogP contribution in [0.2, 0.25) is 0 Å². The van der Waals surface area contributed by atoms with Crippen molar-refractivity contribution in [1.82, 2.24) is 4.57 Å². The molecule has 0 radical (unpaired) electrons. The van der Waals surface area contributed by atoms with Crippen LogP contribution in [0.25, 0.3) is 5.69 Å². The number of carboxylic acid groups (broad SMARTS) is 1. The average molecular weight is 219 g/mol. The maximum Gasteiger partial charge on any atom is 0.309 e. The van der Waals surface area contributed by atoms with Gasteiger partial charge in [0.05, 0.1) is 12.1 Å². The van der Waals surface area contributed by atoms with Gasteiger partial charge in [0.1, 0.15) is 5.82 Å². The molecule has 0 saturated carbocycles. The van der Waals surface area contributed by atoms with E-state index in [9.17, 15) is 9.18 Å². The van der Waals surface area contributed by atoms with Crippen LogP contribution in [0.4, 0.5) is 4.39 Å². The van der Waals surface area contributed by atoms with Gasteiger partial charge in [-0.15, -0.1) is 0 Å². The van der Waals surface area contributed by atoms with E-state index >= 15 is 0 Å². The number of para-hydroxylation sites is 1. The monoisotopic (exact) mass is 219 g/mol. The fourth-order valence-corrected chi connectivity index (χ4v) is 1.60. The summed E-state index contributed by atoms with van der Waals surface area (Å²) < 4.78 is 15.0. The smallest absolute Gasteiger partial charge is 0.309 e. The van der Waals surface area contributed by atoms with Gasteiger partial charge in [-0.1, -0.05) is 12.1 Å². The van der Waals surface area contributed by atoms with Crippen LogP contribution in [0.15, 0.2) is 42.6 Å². The van der Waals surface area contributed by atoms with E-state index in [-0.39, 0.29) is 12.2 Å². The molecule has 82 valence electrons. The van der Waals surface area contributed by atoms with E-state index in [1.165, 1.54) is 6.07 Å². The van der Waals surface area contributed by atoms with Crippen molar-refractivity contribution in [3.63, 3.8) is 0 Å². The highest BCUT2D eigenvalue weighted by Gasteiger charge is 2.09. The zero-order chi connectivity index (χ0) is 11.5. The van der Waals surface area contributed by atoms with E-state index in [2.05, 4.69) is 0 Å². The van der Waals surface area contributed by atoms with Crippen molar-refractivity contribution < 1.29 is 14.3 Å². The second-order valence-corrected chi connectivity index (χ2v) is 3.39. The maximum atomic E-state index is 13.5. The summed E-state index contributed by atoms with van der Waals surface area (Å²) in [6, 6.07) is 9.63. The van der Waals surface area contributed by atoms with E-state index in [4.69, 9.17) is 5.11 Å². The second-order valence-electron chi connectivity index (χ2n) is 3.39. The summed E-state index contributed by atoms with van der Waals surface area (Å²) in [5.41, 5.74) is 0.918. The molecule has 0 aliphatic carbocycles. The summed E-state index contributed by atoms with van der Waals surface area (Å²) in [7, 11) is 0. The Morgan fingerprint density at radius 1 is 1.25 bits per heavy atom. The van der Waals surface area contributed by atoms with Gasteiger partial charge < -0.3 is 9.67 Å². The summed E-state index contributed by atoms with van der Waals surface area (Å²) in [5.74, 6) is -1.30. The van der Waals surface area contributed by atoms with Gasteiger partial charge in [0.2, 0.25) is 0 Å². The Labute approximate surface area is 91.8 Å². The van der Waals surface area contributed by atoms with Gasteiger partial charge in [0.25, 0.3) is 0 Å². The molecule has 0 spiro atoms.